The molecule has 0 aliphatic heterocycles. The summed E-state index contributed by atoms with van der Waals surface area (Å²) in [6.07, 6.45) is 0. The number of nitrogens with zero attached hydrogens (tertiary/aromatic N) is 3. The van der Waals surface area contributed by atoms with E-state index < -0.39 is 0 Å². The third kappa shape index (κ3) is 4.62. The molecule has 0 aliphatic carbocycles. The first-order valence-electron chi connectivity index (χ1n) is 7.73. The Morgan fingerprint density at radius 3 is 2.69 bits per heavy atom. The molecule has 0 spiro atoms. The number of likely N-dealkylation sites (N-methyl/N-ethyl adjacent to an activating group) is 1. The van der Waals surface area contributed by atoms with Crippen LogP contribution in [-0.2, 0) is 11.3 Å². The molecule has 6 nitrogen and oxygen atoms in total. The fraction of sp³-hybridized carbons (Fsp3) is 0.167. The SMILES string of the molecule is CN(Cc1nc(-c2ccccc2Cl)no1)C(=O)COc1ccc(Br)cc1. The fourth-order valence-electron chi connectivity index (χ4n) is 2.15. The molecule has 0 bridgehead atoms. The molecule has 8 heteroatoms. The molecule has 3 rings (SSSR count). The zero-order chi connectivity index (χ0) is 18.5. The van der Waals surface area contributed by atoms with E-state index >= 15 is 0 Å². The number of halogens is 2. The number of carbonyl (C=O) groups excluding carboxylic acids is 1. The number of ether oxygens (including phenoxy) is 1. The van der Waals surface area contributed by atoms with Gasteiger partial charge in [0.25, 0.3) is 5.91 Å². The van der Waals surface area contributed by atoms with Crippen molar-refractivity contribution in [2.75, 3.05) is 13.7 Å². The summed E-state index contributed by atoms with van der Waals surface area (Å²) in [5.41, 5.74) is 0.678. The van der Waals surface area contributed by atoms with Gasteiger partial charge in [0.05, 0.1) is 11.6 Å². The van der Waals surface area contributed by atoms with Gasteiger partial charge in [-0.25, -0.2) is 0 Å². The number of amides is 1. The Bertz CT molecular complexity index is 899. The van der Waals surface area contributed by atoms with Crippen LogP contribution >= 0.6 is 27.5 Å². The average Bonchev–Trinajstić information content (AvgIpc) is 3.09. The fourth-order valence-corrected chi connectivity index (χ4v) is 2.63. The van der Waals surface area contributed by atoms with E-state index in [1.807, 2.05) is 24.3 Å². The first-order valence-corrected chi connectivity index (χ1v) is 8.90. The van der Waals surface area contributed by atoms with E-state index in [4.69, 9.17) is 20.9 Å². The van der Waals surface area contributed by atoms with Crippen molar-refractivity contribution in [2.24, 2.45) is 0 Å². The molecule has 2 aromatic carbocycles. The predicted molar refractivity (Wildman–Crippen MR) is 101 cm³/mol. The highest BCUT2D eigenvalue weighted by Crippen LogP contribution is 2.25. The molecule has 3 aromatic rings. The van der Waals surface area contributed by atoms with Crippen molar-refractivity contribution in [3.05, 3.63) is 63.9 Å². The van der Waals surface area contributed by atoms with Crippen molar-refractivity contribution < 1.29 is 14.1 Å². The molecule has 0 atom stereocenters. The van der Waals surface area contributed by atoms with Crippen LogP contribution < -0.4 is 4.74 Å². The van der Waals surface area contributed by atoms with Gasteiger partial charge < -0.3 is 14.2 Å². The third-order valence-electron chi connectivity index (χ3n) is 3.56. The minimum Gasteiger partial charge on any atom is -0.484 e. The van der Waals surface area contributed by atoms with E-state index in [9.17, 15) is 4.79 Å². The summed E-state index contributed by atoms with van der Waals surface area (Å²) in [4.78, 5) is 17.9. The molecule has 0 saturated heterocycles. The van der Waals surface area contributed by atoms with Crippen LogP contribution in [0.3, 0.4) is 0 Å². The lowest BCUT2D eigenvalue weighted by Gasteiger charge is -2.15. The minimum atomic E-state index is -0.203. The summed E-state index contributed by atoms with van der Waals surface area (Å²) in [6.45, 7) is 0.101. The van der Waals surface area contributed by atoms with Gasteiger partial charge in [-0.05, 0) is 36.4 Å². The highest BCUT2D eigenvalue weighted by atomic mass is 79.9. The molecule has 1 aromatic heterocycles. The van der Waals surface area contributed by atoms with Crippen molar-refractivity contribution >= 4 is 33.4 Å². The van der Waals surface area contributed by atoms with E-state index in [-0.39, 0.29) is 19.1 Å². The zero-order valence-corrected chi connectivity index (χ0v) is 16.2. The standard InChI is InChI=1S/C18H15BrClN3O3/c1-23(17(24)11-25-13-8-6-12(19)7-9-13)10-16-21-18(22-26-16)14-4-2-3-5-15(14)20/h2-9H,10-11H2,1H3. The Labute approximate surface area is 163 Å². The first-order chi connectivity index (χ1) is 12.5. The Kier molecular flexibility index (Phi) is 5.90. The highest BCUT2D eigenvalue weighted by Gasteiger charge is 2.16. The number of benzene rings is 2. The van der Waals surface area contributed by atoms with Crippen LogP contribution in [0.2, 0.25) is 5.02 Å². The smallest absolute Gasteiger partial charge is 0.260 e. The second kappa shape index (κ2) is 8.33. The monoisotopic (exact) mass is 435 g/mol. The van der Waals surface area contributed by atoms with Gasteiger partial charge in [0.15, 0.2) is 6.61 Å². The van der Waals surface area contributed by atoms with Crippen LogP contribution in [-0.4, -0.2) is 34.6 Å². The number of hydrogen-bond acceptors (Lipinski definition) is 5. The molecule has 1 heterocycles. The van der Waals surface area contributed by atoms with Crippen LogP contribution in [0.4, 0.5) is 0 Å². The second-order valence-electron chi connectivity index (χ2n) is 5.48. The van der Waals surface area contributed by atoms with Crippen molar-refractivity contribution in [2.45, 2.75) is 6.54 Å². The van der Waals surface area contributed by atoms with Crippen LogP contribution in [0.1, 0.15) is 5.89 Å². The van der Waals surface area contributed by atoms with Crippen molar-refractivity contribution in [3.8, 4) is 17.1 Å². The largest absolute Gasteiger partial charge is 0.484 e. The molecule has 0 radical (unpaired) electrons. The first kappa shape index (κ1) is 18.4. The van der Waals surface area contributed by atoms with Gasteiger partial charge in [-0.15, -0.1) is 0 Å². The molecule has 26 heavy (non-hydrogen) atoms. The summed E-state index contributed by atoms with van der Waals surface area (Å²) in [7, 11) is 1.65. The molecule has 0 aliphatic rings. The molecule has 0 unspecified atom stereocenters. The lowest BCUT2D eigenvalue weighted by molar-refractivity contribution is -0.132. The zero-order valence-electron chi connectivity index (χ0n) is 13.9. The Balaban J connectivity index is 1.57. The summed E-state index contributed by atoms with van der Waals surface area (Å²) < 4.78 is 11.6. The van der Waals surface area contributed by atoms with Gasteiger partial charge in [0.2, 0.25) is 11.7 Å². The Morgan fingerprint density at radius 1 is 1.23 bits per heavy atom. The Hall–Kier alpha value is -2.38. The van der Waals surface area contributed by atoms with Crippen molar-refractivity contribution in [3.63, 3.8) is 0 Å². The van der Waals surface area contributed by atoms with Crippen LogP contribution in [0.5, 0.6) is 5.75 Å². The summed E-state index contributed by atoms with van der Waals surface area (Å²) >= 11 is 9.47. The van der Waals surface area contributed by atoms with Gasteiger partial charge in [-0.1, -0.05) is 44.8 Å². The van der Waals surface area contributed by atoms with Crippen LogP contribution in [0.15, 0.2) is 57.5 Å². The quantitative estimate of drug-likeness (QED) is 0.579. The van der Waals surface area contributed by atoms with Gasteiger partial charge in [0, 0.05) is 17.1 Å². The van der Waals surface area contributed by atoms with E-state index in [1.165, 1.54) is 4.90 Å². The molecular weight excluding hydrogens is 422 g/mol. The predicted octanol–water partition coefficient (Wildman–Crippen LogP) is 4.19. The minimum absolute atomic E-state index is 0.0797. The van der Waals surface area contributed by atoms with Gasteiger partial charge in [-0.3, -0.25) is 4.79 Å². The van der Waals surface area contributed by atoms with Crippen molar-refractivity contribution in [1.82, 2.24) is 15.0 Å². The summed E-state index contributed by atoms with van der Waals surface area (Å²) in [5.74, 6) is 1.12. The average molecular weight is 437 g/mol. The number of aromatic nitrogens is 2. The lowest BCUT2D eigenvalue weighted by atomic mass is 10.2. The van der Waals surface area contributed by atoms with Crippen molar-refractivity contribution in [1.29, 1.82) is 0 Å². The molecule has 1 amide bonds. The maximum atomic E-state index is 12.2. The molecule has 0 fully saturated rings. The van der Waals surface area contributed by atoms with E-state index in [0.29, 0.717) is 28.1 Å². The maximum absolute atomic E-state index is 12.2. The molecule has 0 saturated carbocycles. The third-order valence-corrected chi connectivity index (χ3v) is 4.42. The van der Waals surface area contributed by atoms with Gasteiger partial charge in [-0.2, -0.15) is 4.98 Å². The number of rotatable bonds is 6. The molecule has 0 N–H and O–H groups in total. The second-order valence-corrected chi connectivity index (χ2v) is 6.81. The highest BCUT2D eigenvalue weighted by molar-refractivity contribution is 9.10. The van der Waals surface area contributed by atoms with E-state index in [0.717, 1.165) is 4.47 Å². The Morgan fingerprint density at radius 2 is 1.96 bits per heavy atom. The lowest BCUT2D eigenvalue weighted by Crippen LogP contribution is -2.31. The summed E-state index contributed by atoms with van der Waals surface area (Å²) in [5, 5.41) is 4.45. The molecular formula is C18H15BrClN3O3. The summed E-state index contributed by atoms with van der Waals surface area (Å²) in [6, 6.07) is 14.5. The van der Waals surface area contributed by atoms with Crippen LogP contribution in [0.25, 0.3) is 11.4 Å². The topological polar surface area (TPSA) is 68.5 Å². The number of hydrogen-bond donors (Lipinski definition) is 0. The normalized spacial score (nSPS) is 10.6. The van der Waals surface area contributed by atoms with Gasteiger partial charge in [0.1, 0.15) is 5.75 Å². The van der Waals surface area contributed by atoms with Crippen LogP contribution in [0, 0.1) is 0 Å². The van der Waals surface area contributed by atoms with E-state index in [2.05, 4.69) is 26.1 Å². The van der Waals surface area contributed by atoms with E-state index in [1.54, 1.807) is 31.3 Å². The van der Waals surface area contributed by atoms with Gasteiger partial charge >= 0.3 is 0 Å². The number of carbonyl (C=O) groups is 1. The maximum Gasteiger partial charge on any atom is 0.260 e. The molecule has 134 valence electrons.